The van der Waals surface area contributed by atoms with Crippen molar-refractivity contribution in [3.05, 3.63) is 95.3 Å². The molecule has 5 nitrogen and oxygen atoms in total. The van der Waals surface area contributed by atoms with Gasteiger partial charge in [0, 0.05) is 29.7 Å². The molecule has 3 aromatic carbocycles. The third kappa shape index (κ3) is 8.08. The van der Waals surface area contributed by atoms with Gasteiger partial charge in [-0.1, -0.05) is 55.5 Å². The lowest BCUT2D eigenvalue weighted by molar-refractivity contribution is -0.274. The minimum absolute atomic E-state index is 0.153. The number of hydrogen-bond acceptors (Lipinski definition) is 5. The van der Waals surface area contributed by atoms with E-state index < -0.39 is 6.36 Å². The maximum absolute atomic E-state index is 12.6. The van der Waals surface area contributed by atoms with Gasteiger partial charge in [0.25, 0.3) is 0 Å². The Labute approximate surface area is 237 Å². The third-order valence-corrected chi connectivity index (χ3v) is 6.88. The van der Waals surface area contributed by atoms with Crippen molar-refractivity contribution in [2.45, 2.75) is 58.7 Å². The predicted molar refractivity (Wildman–Crippen MR) is 153 cm³/mol. The summed E-state index contributed by atoms with van der Waals surface area (Å²) >= 11 is 5.57. The lowest BCUT2D eigenvalue weighted by Crippen LogP contribution is -2.17. The minimum Gasteiger partial charge on any atom is -0.406 e. The normalized spacial score (nSPS) is 11.4. The Morgan fingerprint density at radius 3 is 2.52 bits per heavy atom. The topological polar surface area (TPSA) is 57.0 Å². The monoisotopic (exact) mass is 565 g/mol. The summed E-state index contributed by atoms with van der Waals surface area (Å²) in [6, 6.07) is 19.5. The van der Waals surface area contributed by atoms with E-state index >= 15 is 0 Å². The van der Waals surface area contributed by atoms with Crippen LogP contribution in [0.4, 0.5) is 13.2 Å². The van der Waals surface area contributed by atoms with Crippen LogP contribution in [0.2, 0.25) is 0 Å². The average Bonchev–Trinajstić information content (AvgIpc) is 3.40. The van der Waals surface area contributed by atoms with Gasteiger partial charge in [0.1, 0.15) is 17.9 Å². The number of benzene rings is 3. The van der Waals surface area contributed by atoms with Crippen LogP contribution in [-0.4, -0.2) is 31.8 Å². The summed E-state index contributed by atoms with van der Waals surface area (Å²) in [4.78, 5) is 17.7. The average molecular weight is 566 g/mol. The van der Waals surface area contributed by atoms with Crippen molar-refractivity contribution in [2.75, 3.05) is 0 Å². The number of Topliss-reactive ketones (excluding diaryl/α,β-unsaturated/α-hetero) is 1. The van der Waals surface area contributed by atoms with Crippen molar-refractivity contribution in [3.8, 4) is 22.8 Å². The summed E-state index contributed by atoms with van der Waals surface area (Å²) < 4.78 is 42.6. The number of aryl methyl sites for hydroxylation is 3. The number of nitrogens with zero attached hydrogens (tertiary/aromatic N) is 3. The summed E-state index contributed by atoms with van der Waals surface area (Å²) in [6.45, 7) is 4.21. The third-order valence-electron chi connectivity index (χ3n) is 6.59. The van der Waals surface area contributed by atoms with Gasteiger partial charge in [0.2, 0.25) is 0 Å². The van der Waals surface area contributed by atoms with Gasteiger partial charge in [-0.05, 0) is 78.8 Å². The molecule has 208 valence electrons. The van der Waals surface area contributed by atoms with Gasteiger partial charge in [-0.25, -0.2) is 9.67 Å². The fourth-order valence-corrected chi connectivity index (χ4v) is 4.90. The molecular formula is C31H30F3N3O2S. The molecule has 0 amide bonds. The van der Waals surface area contributed by atoms with E-state index in [4.69, 9.17) is 12.2 Å². The first-order valence-electron chi connectivity index (χ1n) is 13.1. The van der Waals surface area contributed by atoms with Gasteiger partial charge >= 0.3 is 6.36 Å². The maximum atomic E-state index is 12.6. The van der Waals surface area contributed by atoms with Crippen LogP contribution in [0.15, 0.2) is 73.1 Å². The number of halogens is 3. The van der Waals surface area contributed by atoms with Crippen LogP contribution in [-0.2, 0) is 24.1 Å². The van der Waals surface area contributed by atoms with Crippen molar-refractivity contribution >= 4 is 22.9 Å². The summed E-state index contributed by atoms with van der Waals surface area (Å²) in [5.41, 5.74) is 6.15. The van der Waals surface area contributed by atoms with Crippen molar-refractivity contribution in [1.82, 2.24) is 14.8 Å². The Hall–Kier alpha value is -3.85. The molecule has 0 spiro atoms. The molecular weight excluding hydrogens is 535 g/mol. The molecule has 0 aliphatic carbocycles. The Bertz CT molecular complexity index is 1480. The summed E-state index contributed by atoms with van der Waals surface area (Å²) in [5, 5.41) is 4.46. The van der Waals surface area contributed by atoms with Crippen LogP contribution >= 0.6 is 12.2 Å². The van der Waals surface area contributed by atoms with Gasteiger partial charge in [0.05, 0.1) is 5.69 Å². The second-order valence-corrected chi connectivity index (χ2v) is 10.2. The summed E-state index contributed by atoms with van der Waals surface area (Å²) in [6.07, 6.45) is 0.573. The fourth-order valence-electron chi connectivity index (χ4n) is 4.59. The van der Waals surface area contributed by atoms with E-state index in [1.807, 2.05) is 24.3 Å². The summed E-state index contributed by atoms with van der Waals surface area (Å²) in [7, 11) is 0. The van der Waals surface area contributed by atoms with E-state index in [0.29, 0.717) is 37.2 Å². The Kier molecular flexibility index (Phi) is 9.47. The lowest BCUT2D eigenvalue weighted by atomic mass is 9.94. The van der Waals surface area contributed by atoms with Crippen LogP contribution < -0.4 is 4.74 Å². The molecule has 9 heteroatoms. The second kappa shape index (κ2) is 13.0. The van der Waals surface area contributed by atoms with E-state index in [1.54, 1.807) is 0 Å². The minimum atomic E-state index is -4.74. The van der Waals surface area contributed by atoms with Gasteiger partial charge in [-0.2, -0.15) is 0 Å². The molecule has 1 aromatic heterocycles. The van der Waals surface area contributed by atoms with Gasteiger partial charge in [-0.3, -0.25) is 4.79 Å². The molecule has 0 N–H and O–H groups in total. The molecule has 1 heterocycles. The molecule has 0 unspecified atom stereocenters. The van der Waals surface area contributed by atoms with E-state index in [1.165, 1.54) is 52.0 Å². The highest BCUT2D eigenvalue weighted by Crippen LogP contribution is 2.24. The predicted octanol–water partition coefficient (Wildman–Crippen LogP) is 7.60. The molecule has 4 rings (SSSR count). The zero-order valence-corrected chi connectivity index (χ0v) is 23.2. The highest BCUT2D eigenvalue weighted by atomic mass is 32.1. The van der Waals surface area contributed by atoms with Crippen molar-refractivity contribution in [3.63, 3.8) is 0 Å². The van der Waals surface area contributed by atoms with Crippen LogP contribution in [0, 0.1) is 6.92 Å². The SMILES string of the molecule is CCc1cccc(C)c1CC(=S)CC(=O)CCCc1cccc(-c2ncn(-c3ccc(OC(F)(F)F)cc3)n2)c1. The second-order valence-electron chi connectivity index (χ2n) is 9.61. The van der Waals surface area contributed by atoms with Crippen LogP contribution in [0.25, 0.3) is 17.1 Å². The molecule has 4 aromatic rings. The number of alkyl halides is 3. The quantitative estimate of drug-likeness (QED) is 0.166. The molecule has 0 fully saturated rings. The van der Waals surface area contributed by atoms with Gasteiger partial charge in [0.15, 0.2) is 5.82 Å². The van der Waals surface area contributed by atoms with Crippen LogP contribution in [0.5, 0.6) is 5.75 Å². The highest BCUT2D eigenvalue weighted by Gasteiger charge is 2.31. The first-order chi connectivity index (χ1) is 19.1. The Morgan fingerprint density at radius 1 is 1.05 bits per heavy atom. The molecule has 0 atom stereocenters. The smallest absolute Gasteiger partial charge is 0.406 e. The van der Waals surface area contributed by atoms with Gasteiger partial charge < -0.3 is 4.74 Å². The molecule has 0 saturated carbocycles. The van der Waals surface area contributed by atoms with Crippen molar-refractivity contribution in [2.24, 2.45) is 0 Å². The first-order valence-corrected chi connectivity index (χ1v) is 13.5. The van der Waals surface area contributed by atoms with E-state index in [-0.39, 0.29) is 11.5 Å². The highest BCUT2D eigenvalue weighted by molar-refractivity contribution is 7.80. The molecule has 0 aliphatic rings. The molecule has 0 saturated heterocycles. The summed E-state index contributed by atoms with van der Waals surface area (Å²) in [5.74, 6) is 0.336. The number of carbonyl (C=O) groups is 1. The van der Waals surface area contributed by atoms with Crippen molar-refractivity contribution < 1.29 is 22.7 Å². The fraction of sp³-hybridized carbons (Fsp3) is 0.290. The Balaban J connectivity index is 1.30. The maximum Gasteiger partial charge on any atom is 0.573 e. The molecule has 0 bridgehead atoms. The molecule has 0 radical (unpaired) electrons. The van der Waals surface area contributed by atoms with E-state index in [2.05, 4.69) is 46.9 Å². The number of ether oxygens (including phenoxy) is 1. The van der Waals surface area contributed by atoms with Crippen LogP contribution in [0.3, 0.4) is 0 Å². The van der Waals surface area contributed by atoms with E-state index in [0.717, 1.165) is 28.8 Å². The number of carbonyl (C=O) groups excluding carboxylic acids is 1. The number of rotatable bonds is 12. The van der Waals surface area contributed by atoms with Gasteiger partial charge in [-0.15, -0.1) is 18.3 Å². The molecule has 40 heavy (non-hydrogen) atoms. The standard InChI is InChI=1S/C31H30F3N3O2S/c1-3-23-10-4-7-21(2)29(23)19-28(40)18-26(38)12-6-9-22-8-5-11-24(17-22)30-35-20-37(36-30)25-13-15-27(16-14-25)39-31(32,33)34/h4-5,7-8,10-11,13-17,20H,3,6,9,12,18-19H2,1-2H3. The van der Waals surface area contributed by atoms with Crippen LogP contribution in [0.1, 0.15) is 48.4 Å². The lowest BCUT2D eigenvalue weighted by Gasteiger charge is -2.12. The molecule has 0 aliphatic heterocycles. The number of ketones is 1. The number of hydrogen-bond donors (Lipinski definition) is 0. The Morgan fingerprint density at radius 2 is 1.80 bits per heavy atom. The largest absolute Gasteiger partial charge is 0.573 e. The zero-order valence-electron chi connectivity index (χ0n) is 22.4. The van der Waals surface area contributed by atoms with Crippen molar-refractivity contribution in [1.29, 1.82) is 0 Å². The first kappa shape index (κ1) is 29.1. The number of aromatic nitrogens is 3. The van der Waals surface area contributed by atoms with E-state index in [9.17, 15) is 18.0 Å². The number of thiocarbonyl (C=S) groups is 1. The zero-order chi connectivity index (χ0) is 28.7.